The molecule has 0 aromatic carbocycles. The van der Waals surface area contributed by atoms with Gasteiger partial charge in [0, 0.05) is 0 Å². The van der Waals surface area contributed by atoms with Gasteiger partial charge in [0.15, 0.2) is 0 Å². The summed E-state index contributed by atoms with van der Waals surface area (Å²) in [6, 6.07) is 0. The molecular formula is C5H9NO4S. The number of amides is 1. The molecule has 0 bridgehead atoms. The molecule has 0 unspecified atom stereocenters. The minimum atomic E-state index is -2.71. The average Bonchev–Trinajstić information content (AvgIpc) is 1.82. The van der Waals surface area contributed by atoms with Crippen molar-refractivity contribution in [3.8, 4) is 0 Å². The Kier molecular flexibility index (Phi) is 4.44. The van der Waals surface area contributed by atoms with Crippen molar-refractivity contribution in [1.29, 1.82) is 0 Å². The molecule has 0 aliphatic carbocycles. The van der Waals surface area contributed by atoms with Crippen LogP contribution in [0.5, 0.6) is 0 Å². The molecule has 0 fully saturated rings. The van der Waals surface area contributed by atoms with Gasteiger partial charge in [0.1, 0.15) is 0 Å². The molecule has 11 heavy (non-hydrogen) atoms. The minimum Gasteiger partial charge on any atom is -0.447 e. The van der Waals surface area contributed by atoms with Crippen LogP contribution in [0.4, 0.5) is 4.79 Å². The number of carbonyl (C=O) groups excluding carboxylic acids is 1. The molecule has 0 spiro atoms. The van der Waals surface area contributed by atoms with Crippen molar-refractivity contribution in [1.82, 2.24) is 0 Å². The van der Waals surface area contributed by atoms with Gasteiger partial charge in [0.05, 0.1) is 6.61 Å². The molecule has 0 saturated heterocycles. The molecule has 0 aliphatic rings. The second kappa shape index (κ2) is 4.84. The molecule has 1 amide bonds. The van der Waals surface area contributed by atoms with E-state index in [-0.39, 0.29) is 12.5 Å². The van der Waals surface area contributed by atoms with Crippen LogP contribution >= 0.6 is 0 Å². The number of carbonyl (C=O) groups is 1. The van der Waals surface area contributed by atoms with E-state index in [9.17, 15) is 13.2 Å². The van der Waals surface area contributed by atoms with Crippen LogP contribution in [0.2, 0.25) is 0 Å². The Balaban J connectivity index is 3.81. The summed E-state index contributed by atoms with van der Waals surface area (Å²) in [6.45, 7) is 3.85. The van der Waals surface area contributed by atoms with E-state index in [1.165, 1.54) is 0 Å². The van der Waals surface area contributed by atoms with Gasteiger partial charge >= 0.3 is 16.6 Å². The van der Waals surface area contributed by atoms with E-state index in [1.807, 2.05) is 13.8 Å². The molecule has 0 atom stereocenters. The summed E-state index contributed by atoms with van der Waals surface area (Å²) < 4.78 is 26.6. The molecule has 0 rings (SSSR count). The van der Waals surface area contributed by atoms with E-state index in [2.05, 4.69) is 9.10 Å². The fraction of sp³-hybridized carbons (Fsp3) is 0.800. The van der Waals surface area contributed by atoms with Crippen molar-refractivity contribution < 1.29 is 17.9 Å². The first-order chi connectivity index (χ1) is 5.02. The third kappa shape index (κ3) is 6.98. The fourth-order valence-electron chi connectivity index (χ4n) is 0.325. The first-order valence-electron chi connectivity index (χ1n) is 3.00. The van der Waals surface area contributed by atoms with Crippen molar-refractivity contribution in [3.63, 3.8) is 0 Å². The van der Waals surface area contributed by atoms with Crippen LogP contribution < -0.4 is 0 Å². The lowest BCUT2D eigenvalue weighted by Gasteiger charge is -2.01. The van der Waals surface area contributed by atoms with Crippen molar-refractivity contribution in [2.75, 3.05) is 6.61 Å². The van der Waals surface area contributed by atoms with Crippen molar-refractivity contribution in [2.45, 2.75) is 13.8 Å². The highest BCUT2D eigenvalue weighted by atomic mass is 32.2. The zero-order valence-electron chi connectivity index (χ0n) is 6.27. The van der Waals surface area contributed by atoms with Crippen molar-refractivity contribution >= 4 is 16.6 Å². The van der Waals surface area contributed by atoms with E-state index in [0.29, 0.717) is 0 Å². The van der Waals surface area contributed by atoms with E-state index in [4.69, 9.17) is 0 Å². The average molecular weight is 179 g/mol. The summed E-state index contributed by atoms with van der Waals surface area (Å²) >= 11 is 0. The second-order valence-electron chi connectivity index (χ2n) is 2.28. The smallest absolute Gasteiger partial charge is 0.447 e. The number of hydrogen-bond donors (Lipinski definition) is 0. The molecule has 64 valence electrons. The van der Waals surface area contributed by atoms with E-state index in [1.54, 1.807) is 0 Å². The van der Waals surface area contributed by atoms with Crippen molar-refractivity contribution in [2.24, 2.45) is 10.3 Å². The lowest BCUT2D eigenvalue weighted by atomic mass is 10.2. The highest BCUT2D eigenvalue weighted by Gasteiger charge is 2.01. The second-order valence-corrected chi connectivity index (χ2v) is 2.90. The molecule has 0 N–H and O–H groups in total. The predicted octanol–water partition coefficient (Wildman–Crippen LogP) is 0.842. The Morgan fingerprint density at radius 3 is 2.45 bits per heavy atom. The SMILES string of the molecule is CC(C)COC(=O)N=S(=O)=O. The highest BCUT2D eigenvalue weighted by molar-refractivity contribution is 7.62. The monoisotopic (exact) mass is 179 g/mol. The van der Waals surface area contributed by atoms with E-state index in [0.717, 1.165) is 0 Å². The van der Waals surface area contributed by atoms with Gasteiger partial charge in [-0.3, -0.25) is 0 Å². The maximum atomic E-state index is 10.4. The Hall–Kier alpha value is -0.910. The summed E-state index contributed by atoms with van der Waals surface area (Å²) in [4.78, 5) is 10.4. The number of hydrogen-bond acceptors (Lipinski definition) is 4. The van der Waals surface area contributed by atoms with Crippen LogP contribution in [0.1, 0.15) is 13.8 Å². The predicted molar refractivity (Wildman–Crippen MR) is 37.5 cm³/mol. The van der Waals surface area contributed by atoms with Gasteiger partial charge in [0.2, 0.25) is 0 Å². The van der Waals surface area contributed by atoms with Gasteiger partial charge in [-0.1, -0.05) is 18.2 Å². The quantitative estimate of drug-likeness (QED) is 0.629. The third-order valence-corrected chi connectivity index (χ3v) is 0.987. The molecule has 0 radical (unpaired) electrons. The third-order valence-electron chi connectivity index (χ3n) is 0.689. The lowest BCUT2D eigenvalue weighted by Crippen LogP contribution is -2.05. The summed E-state index contributed by atoms with van der Waals surface area (Å²) in [5.41, 5.74) is 0. The maximum Gasteiger partial charge on any atom is 0.448 e. The molecule has 6 heteroatoms. The number of ether oxygens (including phenoxy) is 1. The first-order valence-corrected chi connectivity index (χ1v) is 4.03. The van der Waals surface area contributed by atoms with Crippen LogP contribution in [0, 0.1) is 5.92 Å². The van der Waals surface area contributed by atoms with Crippen LogP contribution in [0.25, 0.3) is 0 Å². The van der Waals surface area contributed by atoms with Gasteiger partial charge in [-0.25, -0.2) is 4.79 Å². The van der Waals surface area contributed by atoms with Crippen LogP contribution in [0.3, 0.4) is 0 Å². The van der Waals surface area contributed by atoms with Crippen LogP contribution in [0.15, 0.2) is 4.36 Å². The zero-order chi connectivity index (χ0) is 8.85. The van der Waals surface area contributed by atoms with E-state index >= 15 is 0 Å². The topological polar surface area (TPSA) is 72.8 Å². The molecule has 0 aromatic rings. The highest BCUT2D eigenvalue weighted by Crippen LogP contribution is 1.93. The van der Waals surface area contributed by atoms with Gasteiger partial charge in [-0.05, 0) is 5.92 Å². The van der Waals surface area contributed by atoms with Gasteiger partial charge in [0.25, 0.3) is 0 Å². The first kappa shape index (κ1) is 10.1. The summed E-state index contributed by atoms with van der Waals surface area (Å²) in [5.74, 6) is 0.175. The Morgan fingerprint density at radius 1 is 1.55 bits per heavy atom. The summed E-state index contributed by atoms with van der Waals surface area (Å²) in [5, 5.41) is 0. The normalized spacial score (nSPS) is 9.36. The maximum absolute atomic E-state index is 10.4. The standard InChI is InChI=1S/C5H9NO4S/c1-4(2)3-10-5(7)6-11(8)9/h4H,3H2,1-2H3. The Morgan fingerprint density at radius 2 is 2.09 bits per heavy atom. The largest absolute Gasteiger partial charge is 0.448 e. The molecule has 0 saturated carbocycles. The lowest BCUT2D eigenvalue weighted by molar-refractivity contribution is 0.144. The molecule has 0 aliphatic heterocycles. The molecule has 5 nitrogen and oxygen atoms in total. The molecule has 0 heterocycles. The summed E-state index contributed by atoms with van der Waals surface area (Å²) in [6.07, 6.45) is -1.06. The molecular weight excluding hydrogens is 170 g/mol. The zero-order valence-corrected chi connectivity index (χ0v) is 7.09. The number of rotatable bonds is 2. The molecule has 0 aromatic heterocycles. The van der Waals surface area contributed by atoms with E-state index < -0.39 is 16.6 Å². The van der Waals surface area contributed by atoms with Crippen molar-refractivity contribution in [3.05, 3.63) is 0 Å². The van der Waals surface area contributed by atoms with Crippen LogP contribution in [-0.2, 0) is 15.2 Å². The number of nitrogens with zero attached hydrogens (tertiary/aromatic N) is 1. The van der Waals surface area contributed by atoms with Crippen LogP contribution in [-0.4, -0.2) is 21.1 Å². The van der Waals surface area contributed by atoms with Gasteiger partial charge in [-0.2, -0.15) is 8.42 Å². The minimum absolute atomic E-state index is 0.175. The Bertz CT molecular complexity index is 246. The van der Waals surface area contributed by atoms with Gasteiger partial charge in [-0.15, -0.1) is 0 Å². The Labute approximate surface area is 66.1 Å². The fourth-order valence-corrected chi connectivity index (χ4v) is 0.500. The van der Waals surface area contributed by atoms with Gasteiger partial charge < -0.3 is 4.74 Å². The summed E-state index contributed by atoms with van der Waals surface area (Å²) in [7, 11) is -2.71.